The monoisotopic (exact) mass is 694 g/mol. The number of rotatable bonds is 33. The number of aliphatic hydroxyl groups is 1. The maximum absolute atomic E-state index is 12.6. The van der Waals surface area contributed by atoms with Crippen molar-refractivity contribution in [2.75, 3.05) is 46.1 Å². The number of allylic oxidation sites excluding steroid dienone is 4. The number of carbonyl (C=O) groups is 6. The number of carbonyl (C=O) groups excluding carboxylic acids is 6. The van der Waals surface area contributed by atoms with Crippen molar-refractivity contribution in [2.24, 2.45) is 0 Å². The van der Waals surface area contributed by atoms with Gasteiger partial charge in [-0.05, 0) is 44.9 Å². The normalized spacial score (nSPS) is 11.7. The van der Waals surface area contributed by atoms with Gasteiger partial charge in [-0.2, -0.15) is 0 Å². The molecule has 13 heteroatoms. The van der Waals surface area contributed by atoms with Crippen LogP contribution in [0.15, 0.2) is 24.3 Å². The second-order valence-electron chi connectivity index (χ2n) is 11.7. The van der Waals surface area contributed by atoms with Crippen LogP contribution in [-0.4, -0.2) is 93.1 Å². The molecule has 0 saturated carbocycles. The van der Waals surface area contributed by atoms with Gasteiger partial charge in [-0.1, -0.05) is 63.3 Å². The first-order chi connectivity index (χ1) is 23.8. The third-order valence-electron chi connectivity index (χ3n) is 7.24. The molecule has 0 fully saturated rings. The number of esters is 1. The summed E-state index contributed by atoms with van der Waals surface area (Å²) in [6, 6.07) is -1.09. The van der Waals surface area contributed by atoms with Crippen molar-refractivity contribution in [3.05, 3.63) is 24.3 Å². The molecule has 0 aromatic rings. The van der Waals surface area contributed by atoms with E-state index in [4.69, 9.17) is 14.6 Å². The molecule has 0 unspecified atom stereocenters. The zero-order valence-electron chi connectivity index (χ0n) is 29.6. The van der Waals surface area contributed by atoms with E-state index in [1.807, 2.05) is 0 Å². The molecule has 49 heavy (non-hydrogen) atoms. The second-order valence-corrected chi connectivity index (χ2v) is 11.7. The first kappa shape index (κ1) is 45.4. The Balaban J connectivity index is 4.10. The fourth-order valence-corrected chi connectivity index (χ4v) is 4.47. The molecular formula is C36H62N4O9. The van der Waals surface area contributed by atoms with E-state index in [9.17, 15) is 28.8 Å². The van der Waals surface area contributed by atoms with Crippen molar-refractivity contribution in [3.63, 3.8) is 0 Å². The van der Waals surface area contributed by atoms with Gasteiger partial charge in [-0.15, -0.1) is 0 Å². The zero-order chi connectivity index (χ0) is 36.2. The van der Waals surface area contributed by atoms with Crippen LogP contribution in [0.4, 0.5) is 0 Å². The zero-order valence-corrected chi connectivity index (χ0v) is 29.6. The standard InChI is InChI=1S/C36H62N4O9/c1-2-3-4-5-6-7-8-9-10-11-12-13-14-15-16-20-35(46)49-28-24-37-33(44)21-22-34(45)40-31(30-39-32(43)19-17-25-41)36(47)38-23-18-27-48-29-26-42/h6-7,9-10,25,31,42H,2-5,8,11-24,26-30H2,1H3,(H,37,44)(H,38,47)(H,39,43)(H,40,45)/b7-6-,10-9-/t31-/m0/s1. The number of aliphatic hydroxyl groups excluding tert-OH is 1. The van der Waals surface area contributed by atoms with Gasteiger partial charge in [0.15, 0.2) is 0 Å². The minimum Gasteiger partial charge on any atom is -0.464 e. The van der Waals surface area contributed by atoms with Crippen LogP contribution in [0.3, 0.4) is 0 Å². The Hall–Kier alpha value is -3.58. The van der Waals surface area contributed by atoms with E-state index < -0.39 is 29.7 Å². The van der Waals surface area contributed by atoms with Crippen LogP contribution < -0.4 is 21.3 Å². The van der Waals surface area contributed by atoms with E-state index in [2.05, 4.69) is 52.5 Å². The summed E-state index contributed by atoms with van der Waals surface area (Å²) in [6.07, 6.45) is 22.2. The van der Waals surface area contributed by atoms with E-state index in [-0.39, 0.29) is 71.1 Å². The van der Waals surface area contributed by atoms with Gasteiger partial charge >= 0.3 is 5.97 Å². The van der Waals surface area contributed by atoms with Crippen LogP contribution in [0.1, 0.15) is 116 Å². The molecule has 0 aliphatic heterocycles. The average molecular weight is 695 g/mol. The lowest BCUT2D eigenvalue weighted by Gasteiger charge is -2.19. The minimum absolute atomic E-state index is 0.0354. The van der Waals surface area contributed by atoms with Crippen LogP contribution in [0.25, 0.3) is 0 Å². The molecule has 0 heterocycles. The van der Waals surface area contributed by atoms with Crippen molar-refractivity contribution < 1.29 is 43.3 Å². The van der Waals surface area contributed by atoms with Gasteiger partial charge in [0.05, 0.1) is 19.8 Å². The molecule has 280 valence electrons. The molecule has 1 atom stereocenters. The van der Waals surface area contributed by atoms with Crippen molar-refractivity contribution >= 4 is 35.9 Å². The van der Waals surface area contributed by atoms with Gasteiger partial charge in [0.25, 0.3) is 0 Å². The van der Waals surface area contributed by atoms with Crippen LogP contribution in [0.2, 0.25) is 0 Å². The molecule has 13 nitrogen and oxygen atoms in total. The second kappa shape index (κ2) is 34.3. The topological polar surface area (TPSA) is 189 Å². The van der Waals surface area contributed by atoms with E-state index in [1.165, 1.54) is 25.7 Å². The predicted octanol–water partition coefficient (Wildman–Crippen LogP) is 3.33. The molecule has 0 bridgehead atoms. The third-order valence-corrected chi connectivity index (χ3v) is 7.24. The number of unbranched alkanes of at least 4 members (excludes halogenated alkanes) is 8. The summed E-state index contributed by atoms with van der Waals surface area (Å²) in [4.78, 5) is 71.6. The summed E-state index contributed by atoms with van der Waals surface area (Å²) in [6.45, 7) is 2.84. The highest BCUT2D eigenvalue weighted by Crippen LogP contribution is 2.09. The Labute approximate surface area is 292 Å². The van der Waals surface area contributed by atoms with Gasteiger partial charge in [-0.25, -0.2) is 0 Å². The summed E-state index contributed by atoms with van der Waals surface area (Å²) in [5.41, 5.74) is 0. The van der Waals surface area contributed by atoms with Crippen molar-refractivity contribution in [1.29, 1.82) is 0 Å². The number of hydrogen-bond donors (Lipinski definition) is 5. The molecule has 0 aliphatic rings. The summed E-state index contributed by atoms with van der Waals surface area (Å²) in [7, 11) is 0. The molecule has 0 aliphatic carbocycles. The number of nitrogens with one attached hydrogen (secondary N) is 4. The van der Waals surface area contributed by atoms with Crippen LogP contribution in [-0.2, 0) is 38.2 Å². The highest BCUT2D eigenvalue weighted by atomic mass is 16.5. The summed E-state index contributed by atoms with van der Waals surface area (Å²) in [5, 5.41) is 19.0. The van der Waals surface area contributed by atoms with Gasteiger partial charge in [0.2, 0.25) is 23.6 Å². The number of ether oxygens (including phenoxy) is 2. The van der Waals surface area contributed by atoms with Crippen molar-refractivity contribution in [3.8, 4) is 0 Å². The van der Waals surface area contributed by atoms with E-state index in [0.29, 0.717) is 25.7 Å². The third kappa shape index (κ3) is 31.4. The van der Waals surface area contributed by atoms with E-state index in [1.54, 1.807) is 0 Å². The Morgan fingerprint density at radius 2 is 1.33 bits per heavy atom. The lowest BCUT2D eigenvalue weighted by molar-refractivity contribution is -0.144. The molecular weight excluding hydrogens is 632 g/mol. The smallest absolute Gasteiger partial charge is 0.305 e. The molecule has 4 amide bonds. The van der Waals surface area contributed by atoms with Gasteiger partial charge in [0.1, 0.15) is 18.9 Å². The highest BCUT2D eigenvalue weighted by molar-refractivity contribution is 5.90. The maximum atomic E-state index is 12.6. The van der Waals surface area contributed by atoms with Gasteiger partial charge < -0.3 is 40.6 Å². The van der Waals surface area contributed by atoms with Crippen LogP contribution in [0.5, 0.6) is 0 Å². The van der Waals surface area contributed by atoms with Gasteiger partial charge in [0, 0.05) is 51.8 Å². The van der Waals surface area contributed by atoms with E-state index in [0.717, 1.165) is 44.9 Å². The van der Waals surface area contributed by atoms with Gasteiger partial charge in [-0.3, -0.25) is 24.0 Å². The molecule has 0 saturated heterocycles. The Morgan fingerprint density at radius 1 is 0.653 bits per heavy atom. The number of amides is 4. The fraction of sp³-hybridized carbons (Fsp3) is 0.722. The quantitative estimate of drug-likeness (QED) is 0.0297. The summed E-state index contributed by atoms with van der Waals surface area (Å²) < 4.78 is 10.3. The van der Waals surface area contributed by atoms with Crippen molar-refractivity contribution in [1.82, 2.24) is 21.3 Å². The molecule has 0 spiro atoms. The Morgan fingerprint density at radius 3 is 2.04 bits per heavy atom. The van der Waals surface area contributed by atoms with E-state index >= 15 is 0 Å². The Bertz CT molecular complexity index is 972. The molecule has 5 N–H and O–H groups in total. The lowest BCUT2D eigenvalue weighted by atomic mass is 10.1. The first-order valence-corrected chi connectivity index (χ1v) is 18.0. The number of aldehydes is 1. The minimum atomic E-state index is -1.09. The molecule has 0 rings (SSSR count). The predicted molar refractivity (Wildman–Crippen MR) is 188 cm³/mol. The SMILES string of the molecule is CCCCC/C=C\C/C=C\CCCCCCCC(=O)OCCNC(=O)CCC(=O)N[C@@H](CNC(=O)CCC=O)C(=O)NCCCOCCO. The molecule has 0 aromatic heterocycles. The summed E-state index contributed by atoms with van der Waals surface area (Å²) >= 11 is 0. The van der Waals surface area contributed by atoms with Crippen molar-refractivity contribution in [2.45, 2.75) is 122 Å². The lowest BCUT2D eigenvalue weighted by Crippen LogP contribution is -2.53. The molecule has 0 aromatic carbocycles. The van der Waals surface area contributed by atoms with Crippen LogP contribution >= 0.6 is 0 Å². The van der Waals surface area contributed by atoms with Crippen LogP contribution in [0, 0.1) is 0 Å². The Kier molecular flexibility index (Phi) is 31.8. The fourth-order valence-electron chi connectivity index (χ4n) is 4.47. The summed E-state index contributed by atoms with van der Waals surface area (Å²) in [5.74, 6) is -2.25. The molecule has 0 radical (unpaired) electrons. The first-order valence-electron chi connectivity index (χ1n) is 18.0. The average Bonchev–Trinajstić information content (AvgIpc) is 3.09. The number of hydrogen-bond acceptors (Lipinski definition) is 9. The highest BCUT2D eigenvalue weighted by Gasteiger charge is 2.21. The largest absolute Gasteiger partial charge is 0.464 e. The maximum Gasteiger partial charge on any atom is 0.305 e.